The second-order valence-corrected chi connectivity index (χ2v) is 9.58. The molecule has 8 nitrogen and oxygen atoms in total. The highest BCUT2D eigenvalue weighted by Gasteiger charge is 2.24. The van der Waals surface area contributed by atoms with E-state index in [0.29, 0.717) is 18.9 Å². The van der Waals surface area contributed by atoms with Gasteiger partial charge in [0, 0.05) is 62.1 Å². The molecule has 0 saturated carbocycles. The molecular formula is C24H26N6O2S. The Bertz CT molecular complexity index is 1310. The van der Waals surface area contributed by atoms with Crippen molar-refractivity contribution >= 4 is 22.5 Å². The minimum absolute atomic E-state index is 0.692. The fourth-order valence-corrected chi connectivity index (χ4v) is 5.21. The van der Waals surface area contributed by atoms with Gasteiger partial charge in [0.15, 0.2) is 5.82 Å². The Morgan fingerprint density at radius 1 is 1.00 bits per heavy atom. The summed E-state index contributed by atoms with van der Waals surface area (Å²) in [6.07, 6.45) is 5.75. The van der Waals surface area contributed by atoms with Crippen LogP contribution in [0.25, 0.3) is 17.0 Å². The third-order valence-corrected chi connectivity index (χ3v) is 7.39. The summed E-state index contributed by atoms with van der Waals surface area (Å²) in [6, 6.07) is 11.5. The van der Waals surface area contributed by atoms with E-state index >= 15 is 0 Å². The van der Waals surface area contributed by atoms with Crippen molar-refractivity contribution in [3.05, 3.63) is 66.2 Å². The lowest BCUT2D eigenvalue weighted by Gasteiger charge is -2.34. The number of hydrogen-bond acceptors (Lipinski definition) is 6. The van der Waals surface area contributed by atoms with Crippen molar-refractivity contribution in [1.82, 2.24) is 23.7 Å². The number of fused-ring (bicyclic) bond motifs is 1. The summed E-state index contributed by atoms with van der Waals surface area (Å²) in [4.78, 5) is 17.0. The molecule has 1 unspecified atom stereocenters. The molecule has 0 bridgehead atoms. The number of aromatic nitrogens is 4. The van der Waals surface area contributed by atoms with E-state index in [9.17, 15) is 4.21 Å². The van der Waals surface area contributed by atoms with Crippen LogP contribution < -0.4 is 9.64 Å². The first-order valence-corrected chi connectivity index (χ1v) is 12.0. The van der Waals surface area contributed by atoms with E-state index in [1.165, 1.54) is 0 Å². The molecule has 33 heavy (non-hydrogen) atoms. The SMILES string of the molecule is COc1ccc(S(=O)N2CCN(c3cc(C)nc(-c4cn5ccnc5cc4C)n3)CC2)cc1. The fourth-order valence-electron chi connectivity index (χ4n) is 4.05. The van der Waals surface area contributed by atoms with Crippen LogP contribution in [0.3, 0.4) is 0 Å². The van der Waals surface area contributed by atoms with Crippen LogP contribution in [-0.2, 0) is 11.0 Å². The Labute approximate surface area is 195 Å². The zero-order valence-corrected chi connectivity index (χ0v) is 19.7. The van der Waals surface area contributed by atoms with E-state index in [-0.39, 0.29) is 0 Å². The molecule has 1 aromatic carbocycles. The maximum atomic E-state index is 13.0. The van der Waals surface area contributed by atoms with Crippen LogP contribution in [0.2, 0.25) is 0 Å². The molecule has 1 saturated heterocycles. The van der Waals surface area contributed by atoms with Gasteiger partial charge in [0.05, 0.1) is 12.0 Å². The number of piperazine rings is 1. The van der Waals surface area contributed by atoms with Crippen molar-refractivity contribution in [2.75, 3.05) is 38.2 Å². The molecule has 3 aromatic heterocycles. The zero-order chi connectivity index (χ0) is 22.9. The molecule has 4 heterocycles. The summed E-state index contributed by atoms with van der Waals surface area (Å²) >= 11 is 0. The van der Waals surface area contributed by atoms with E-state index < -0.39 is 11.0 Å². The summed E-state index contributed by atoms with van der Waals surface area (Å²) in [5.74, 6) is 2.37. The van der Waals surface area contributed by atoms with Crippen LogP contribution in [0, 0.1) is 13.8 Å². The Balaban J connectivity index is 1.34. The van der Waals surface area contributed by atoms with Crippen molar-refractivity contribution in [3.8, 4) is 17.1 Å². The van der Waals surface area contributed by atoms with Crippen LogP contribution in [0.15, 0.2) is 59.9 Å². The number of anilines is 1. The number of ether oxygens (including phenoxy) is 1. The highest BCUT2D eigenvalue weighted by Crippen LogP contribution is 2.25. The zero-order valence-electron chi connectivity index (χ0n) is 18.9. The molecule has 5 rings (SSSR count). The van der Waals surface area contributed by atoms with Gasteiger partial charge in [-0.15, -0.1) is 0 Å². The predicted octanol–water partition coefficient (Wildman–Crippen LogP) is 3.26. The normalized spacial score (nSPS) is 15.7. The molecule has 1 fully saturated rings. The van der Waals surface area contributed by atoms with Crippen LogP contribution in [-0.4, -0.2) is 61.2 Å². The highest BCUT2D eigenvalue weighted by atomic mass is 32.2. The van der Waals surface area contributed by atoms with Crippen LogP contribution >= 0.6 is 0 Å². The molecule has 9 heteroatoms. The summed E-state index contributed by atoms with van der Waals surface area (Å²) in [7, 11) is 0.435. The summed E-state index contributed by atoms with van der Waals surface area (Å²) in [5.41, 5.74) is 3.91. The van der Waals surface area contributed by atoms with Crippen molar-refractivity contribution in [2.24, 2.45) is 0 Å². The second kappa shape index (κ2) is 8.92. The van der Waals surface area contributed by atoms with Gasteiger partial charge in [-0.2, -0.15) is 0 Å². The number of aryl methyl sites for hydroxylation is 2. The molecule has 1 atom stereocenters. The minimum atomic E-state index is -1.19. The van der Waals surface area contributed by atoms with Gasteiger partial charge in [-0.05, 0) is 49.7 Å². The first kappa shape index (κ1) is 21.5. The maximum absolute atomic E-state index is 13.0. The van der Waals surface area contributed by atoms with Gasteiger partial charge in [0.2, 0.25) is 0 Å². The van der Waals surface area contributed by atoms with Gasteiger partial charge in [-0.3, -0.25) is 0 Å². The van der Waals surface area contributed by atoms with Gasteiger partial charge >= 0.3 is 0 Å². The second-order valence-electron chi connectivity index (χ2n) is 8.09. The number of rotatable bonds is 5. The first-order valence-electron chi connectivity index (χ1n) is 10.9. The minimum Gasteiger partial charge on any atom is -0.497 e. The molecule has 170 valence electrons. The number of benzene rings is 1. The molecule has 0 N–H and O–H groups in total. The van der Waals surface area contributed by atoms with Crippen LogP contribution in [0.4, 0.5) is 5.82 Å². The standard InChI is InChI=1S/C24H26N6O2S/c1-17-14-22-25-8-9-29(22)16-21(17)24-26-18(2)15-23(27-24)28-10-12-30(13-11-28)33(31)20-6-4-19(32-3)5-7-20/h4-9,14-16H,10-13H2,1-3H3. The van der Waals surface area contributed by atoms with Crippen molar-refractivity contribution < 1.29 is 8.95 Å². The van der Waals surface area contributed by atoms with Gasteiger partial charge in [0.1, 0.15) is 28.2 Å². The van der Waals surface area contributed by atoms with Gasteiger partial charge in [0.25, 0.3) is 0 Å². The molecule has 0 spiro atoms. The number of pyridine rings is 1. The number of nitrogens with zero attached hydrogens (tertiary/aromatic N) is 6. The Hall–Kier alpha value is -3.30. The molecule has 4 aromatic rings. The average molecular weight is 463 g/mol. The smallest absolute Gasteiger partial charge is 0.163 e. The number of methoxy groups -OCH3 is 1. The largest absolute Gasteiger partial charge is 0.497 e. The first-order chi connectivity index (χ1) is 16.0. The Morgan fingerprint density at radius 3 is 2.48 bits per heavy atom. The number of hydrogen-bond donors (Lipinski definition) is 0. The van der Waals surface area contributed by atoms with Crippen LogP contribution in [0.1, 0.15) is 11.3 Å². The molecule has 0 radical (unpaired) electrons. The van der Waals surface area contributed by atoms with E-state index in [0.717, 1.165) is 52.0 Å². The van der Waals surface area contributed by atoms with Crippen LogP contribution in [0.5, 0.6) is 5.75 Å². The Kier molecular flexibility index (Phi) is 5.82. The van der Waals surface area contributed by atoms with Gasteiger partial charge in [-0.25, -0.2) is 23.5 Å². The lowest BCUT2D eigenvalue weighted by Crippen LogP contribution is -2.47. The van der Waals surface area contributed by atoms with E-state index in [4.69, 9.17) is 14.7 Å². The number of imidazole rings is 1. The van der Waals surface area contributed by atoms with Gasteiger partial charge in [-0.1, -0.05) is 0 Å². The highest BCUT2D eigenvalue weighted by molar-refractivity contribution is 7.82. The Morgan fingerprint density at radius 2 is 1.76 bits per heavy atom. The quantitative estimate of drug-likeness (QED) is 0.453. The van der Waals surface area contributed by atoms with E-state index in [1.54, 1.807) is 13.3 Å². The molecule has 0 amide bonds. The third-order valence-electron chi connectivity index (χ3n) is 5.88. The topological polar surface area (TPSA) is 75.9 Å². The summed E-state index contributed by atoms with van der Waals surface area (Å²) < 4.78 is 22.2. The molecule has 0 aliphatic carbocycles. The van der Waals surface area contributed by atoms with Gasteiger partial charge < -0.3 is 14.0 Å². The fraction of sp³-hybridized carbons (Fsp3) is 0.292. The average Bonchev–Trinajstić information content (AvgIpc) is 3.30. The lowest BCUT2D eigenvalue weighted by molar-refractivity contribution is 0.407. The monoisotopic (exact) mass is 462 g/mol. The predicted molar refractivity (Wildman–Crippen MR) is 129 cm³/mol. The summed E-state index contributed by atoms with van der Waals surface area (Å²) in [6.45, 7) is 6.93. The van der Waals surface area contributed by atoms with Crippen molar-refractivity contribution in [3.63, 3.8) is 0 Å². The third kappa shape index (κ3) is 4.34. The van der Waals surface area contributed by atoms with Crippen molar-refractivity contribution in [2.45, 2.75) is 18.7 Å². The molecular weight excluding hydrogens is 436 g/mol. The van der Waals surface area contributed by atoms with E-state index in [1.807, 2.05) is 64.4 Å². The van der Waals surface area contributed by atoms with E-state index in [2.05, 4.69) is 16.8 Å². The lowest BCUT2D eigenvalue weighted by atomic mass is 10.1. The maximum Gasteiger partial charge on any atom is 0.163 e. The van der Waals surface area contributed by atoms with Crippen molar-refractivity contribution in [1.29, 1.82) is 0 Å². The molecule has 1 aliphatic heterocycles. The summed E-state index contributed by atoms with van der Waals surface area (Å²) in [5, 5.41) is 0. The molecule has 1 aliphatic rings.